The highest BCUT2D eigenvalue weighted by atomic mass is 19.1. The van der Waals surface area contributed by atoms with Crippen LogP contribution in [0.2, 0.25) is 0 Å². The van der Waals surface area contributed by atoms with Gasteiger partial charge in [0.1, 0.15) is 11.6 Å². The lowest BCUT2D eigenvalue weighted by Gasteiger charge is -2.33. The molecule has 4 nitrogen and oxygen atoms in total. The molecule has 0 aliphatic carbocycles. The largest absolute Gasteiger partial charge is 0.482 e. The lowest BCUT2D eigenvalue weighted by Crippen LogP contribution is -2.46. The number of likely N-dealkylation sites (tertiary alicyclic amines) is 1. The van der Waals surface area contributed by atoms with Crippen molar-refractivity contribution in [3.05, 3.63) is 24.0 Å². The Morgan fingerprint density at radius 3 is 3.10 bits per heavy atom. The van der Waals surface area contributed by atoms with E-state index in [9.17, 15) is 9.18 Å². The molecule has 1 aromatic rings. The van der Waals surface area contributed by atoms with Crippen LogP contribution in [0.25, 0.3) is 0 Å². The van der Waals surface area contributed by atoms with E-state index in [-0.39, 0.29) is 18.3 Å². The van der Waals surface area contributed by atoms with E-state index in [4.69, 9.17) is 4.74 Å². The SMILES string of the molecule is CCN1CCC[C@@H]1CN1C(=O)COc2ccc(F)cc21. The first-order valence-corrected chi connectivity index (χ1v) is 7.16. The summed E-state index contributed by atoms with van der Waals surface area (Å²) in [4.78, 5) is 16.2. The smallest absolute Gasteiger partial charge is 0.265 e. The summed E-state index contributed by atoms with van der Waals surface area (Å²) in [6.07, 6.45) is 2.25. The number of rotatable bonds is 3. The average Bonchev–Trinajstić information content (AvgIpc) is 2.89. The Balaban J connectivity index is 1.85. The normalized spacial score (nSPS) is 22.8. The van der Waals surface area contributed by atoms with E-state index < -0.39 is 0 Å². The highest BCUT2D eigenvalue weighted by molar-refractivity contribution is 5.97. The van der Waals surface area contributed by atoms with Gasteiger partial charge in [0.05, 0.1) is 5.69 Å². The molecule has 0 spiro atoms. The Kier molecular flexibility index (Phi) is 3.61. The molecule has 1 fully saturated rings. The maximum absolute atomic E-state index is 13.4. The van der Waals surface area contributed by atoms with Crippen molar-refractivity contribution in [3.8, 4) is 5.75 Å². The molecule has 2 heterocycles. The monoisotopic (exact) mass is 278 g/mol. The van der Waals surface area contributed by atoms with E-state index in [1.165, 1.54) is 12.1 Å². The number of fused-ring (bicyclic) bond motifs is 1. The first-order valence-electron chi connectivity index (χ1n) is 7.16. The summed E-state index contributed by atoms with van der Waals surface area (Å²) >= 11 is 0. The standard InChI is InChI=1S/C15H19FN2O2/c1-2-17-7-3-4-12(17)9-18-13-8-11(16)5-6-14(13)20-10-15(18)19/h5-6,8,12H,2-4,7,9-10H2,1H3/t12-/m1/s1. The number of carbonyl (C=O) groups is 1. The molecule has 0 unspecified atom stereocenters. The highest BCUT2D eigenvalue weighted by Crippen LogP contribution is 2.33. The molecule has 108 valence electrons. The van der Waals surface area contributed by atoms with Gasteiger partial charge in [-0.2, -0.15) is 0 Å². The minimum Gasteiger partial charge on any atom is -0.482 e. The fraction of sp³-hybridized carbons (Fsp3) is 0.533. The van der Waals surface area contributed by atoms with Gasteiger partial charge in [0.25, 0.3) is 5.91 Å². The molecule has 2 aliphatic heterocycles. The molecule has 1 amide bonds. The van der Waals surface area contributed by atoms with Gasteiger partial charge in [-0.1, -0.05) is 6.92 Å². The Morgan fingerprint density at radius 2 is 2.30 bits per heavy atom. The number of carbonyl (C=O) groups excluding carboxylic acids is 1. The third-order valence-electron chi connectivity index (χ3n) is 4.16. The van der Waals surface area contributed by atoms with Gasteiger partial charge in [-0.3, -0.25) is 9.69 Å². The second-order valence-corrected chi connectivity index (χ2v) is 5.33. The van der Waals surface area contributed by atoms with Crippen LogP contribution in [0.1, 0.15) is 19.8 Å². The zero-order valence-electron chi connectivity index (χ0n) is 11.6. The van der Waals surface area contributed by atoms with Gasteiger partial charge in [-0.15, -0.1) is 0 Å². The van der Waals surface area contributed by atoms with Gasteiger partial charge >= 0.3 is 0 Å². The molecule has 0 saturated carbocycles. The first-order chi connectivity index (χ1) is 9.69. The molecule has 0 aromatic heterocycles. The van der Waals surface area contributed by atoms with Crippen molar-refractivity contribution >= 4 is 11.6 Å². The molecule has 1 saturated heterocycles. The van der Waals surface area contributed by atoms with Crippen molar-refractivity contribution in [1.29, 1.82) is 0 Å². The summed E-state index contributed by atoms with van der Waals surface area (Å²) in [6.45, 7) is 4.85. The summed E-state index contributed by atoms with van der Waals surface area (Å²) in [6, 6.07) is 4.70. The lowest BCUT2D eigenvalue weighted by molar-refractivity contribution is -0.121. The van der Waals surface area contributed by atoms with E-state index >= 15 is 0 Å². The molecule has 5 heteroatoms. The van der Waals surface area contributed by atoms with Crippen molar-refractivity contribution in [2.45, 2.75) is 25.8 Å². The van der Waals surface area contributed by atoms with Gasteiger partial charge < -0.3 is 9.64 Å². The van der Waals surface area contributed by atoms with Crippen LogP contribution >= 0.6 is 0 Å². The number of amides is 1. The Labute approximate surface area is 118 Å². The third-order valence-corrected chi connectivity index (χ3v) is 4.16. The Morgan fingerprint density at radius 1 is 1.45 bits per heavy atom. The number of ether oxygens (including phenoxy) is 1. The quantitative estimate of drug-likeness (QED) is 0.848. The van der Waals surface area contributed by atoms with Crippen LogP contribution in [0.5, 0.6) is 5.75 Å². The summed E-state index contributed by atoms with van der Waals surface area (Å²) in [5, 5.41) is 0. The van der Waals surface area contributed by atoms with Crippen LogP contribution in [0, 0.1) is 5.82 Å². The molecular weight excluding hydrogens is 259 g/mol. The summed E-state index contributed by atoms with van der Waals surface area (Å²) in [7, 11) is 0. The number of anilines is 1. The van der Waals surface area contributed by atoms with E-state index in [1.54, 1.807) is 11.0 Å². The maximum atomic E-state index is 13.4. The van der Waals surface area contributed by atoms with Crippen LogP contribution in [-0.4, -0.2) is 43.1 Å². The van der Waals surface area contributed by atoms with Gasteiger partial charge in [-0.25, -0.2) is 4.39 Å². The summed E-state index contributed by atoms with van der Waals surface area (Å²) in [5.74, 6) is 0.156. The molecule has 0 radical (unpaired) electrons. The number of halogens is 1. The second-order valence-electron chi connectivity index (χ2n) is 5.33. The molecule has 1 atom stereocenters. The Hall–Kier alpha value is -1.62. The fourth-order valence-corrected chi connectivity index (χ4v) is 3.10. The number of benzene rings is 1. The van der Waals surface area contributed by atoms with Crippen LogP contribution in [0.4, 0.5) is 10.1 Å². The number of hydrogen-bond donors (Lipinski definition) is 0. The highest BCUT2D eigenvalue weighted by Gasteiger charge is 2.31. The lowest BCUT2D eigenvalue weighted by atomic mass is 10.1. The number of likely N-dealkylation sites (N-methyl/N-ethyl adjacent to an activating group) is 1. The zero-order valence-corrected chi connectivity index (χ0v) is 11.6. The van der Waals surface area contributed by atoms with Crippen LogP contribution in [0.15, 0.2) is 18.2 Å². The molecule has 2 aliphatic rings. The second kappa shape index (κ2) is 5.40. The van der Waals surface area contributed by atoms with Crippen LogP contribution < -0.4 is 9.64 Å². The zero-order chi connectivity index (χ0) is 14.1. The van der Waals surface area contributed by atoms with Crippen molar-refractivity contribution in [1.82, 2.24) is 4.90 Å². The number of hydrogen-bond acceptors (Lipinski definition) is 3. The molecule has 0 N–H and O–H groups in total. The summed E-state index contributed by atoms with van der Waals surface area (Å²) < 4.78 is 18.8. The van der Waals surface area contributed by atoms with Crippen LogP contribution in [-0.2, 0) is 4.79 Å². The maximum Gasteiger partial charge on any atom is 0.265 e. The third kappa shape index (κ3) is 2.38. The minimum atomic E-state index is -0.342. The van der Waals surface area contributed by atoms with Gasteiger partial charge in [0.15, 0.2) is 6.61 Å². The van der Waals surface area contributed by atoms with Gasteiger partial charge in [0, 0.05) is 18.7 Å². The molecule has 1 aromatic carbocycles. The fourth-order valence-electron chi connectivity index (χ4n) is 3.10. The van der Waals surface area contributed by atoms with Gasteiger partial charge in [-0.05, 0) is 38.1 Å². The molecule has 0 bridgehead atoms. The van der Waals surface area contributed by atoms with E-state index in [0.29, 0.717) is 24.0 Å². The predicted octanol–water partition coefficient (Wildman–Crippen LogP) is 2.04. The average molecular weight is 278 g/mol. The van der Waals surface area contributed by atoms with E-state index in [0.717, 1.165) is 25.9 Å². The predicted molar refractivity (Wildman–Crippen MR) is 74.5 cm³/mol. The minimum absolute atomic E-state index is 0.0392. The topological polar surface area (TPSA) is 32.8 Å². The van der Waals surface area contributed by atoms with Crippen LogP contribution in [0.3, 0.4) is 0 Å². The molecular formula is C15H19FN2O2. The van der Waals surface area contributed by atoms with Crippen molar-refractivity contribution < 1.29 is 13.9 Å². The van der Waals surface area contributed by atoms with Crippen molar-refractivity contribution in [2.24, 2.45) is 0 Å². The number of nitrogens with zero attached hydrogens (tertiary/aromatic N) is 2. The Bertz CT molecular complexity index is 521. The molecule has 3 rings (SSSR count). The first kappa shape index (κ1) is 13.4. The summed E-state index contributed by atoms with van der Waals surface area (Å²) in [5.41, 5.74) is 0.559. The van der Waals surface area contributed by atoms with Crippen molar-refractivity contribution in [3.63, 3.8) is 0 Å². The van der Waals surface area contributed by atoms with Gasteiger partial charge in [0.2, 0.25) is 0 Å². The van der Waals surface area contributed by atoms with E-state index in [2.05, 4.69) is 11.8 Å². The molecule has 20 heavy (non-hydrogen) atoms. The van der Waals surface area contributed by atoms with E-state index in [1.807, 2.05) is 0 Å². The van der Waals surface area contributed by atoms with Crippen molar-refractivity contribution in [2.75, 3.05) is 31.1 Å².